The van der Waals surface area contributed by atoms with Crippen molar-refractivity contribution >= 4 is 45.2 Å². The van der Waals surface area contributed by atoms with Gasteiger partial charge in [0.25, 0.3) is 0 Å². The van der Waals surface area contributed by atoms with E-state index in [4.69, 9.17) is 4.98 Å². The van der Waals surface area contributed by atoms with Gasteiger partial charge in [0.05, 0.1) is 0 Å². The fraction of sp³-hybridized carbons (Fsp3) is 0.450. The maximum Gasteiger partial charge on any atom is 0.0435 e. The van der Waals surface area contributed by atoms with Crippen LogP contribution in [0.5, 0.6) is 0 Å². The summed E-state index contributed by atoms with van der Waals surface area (Å²) in [6.45, 7) is 0. The van der Waals surface area contributed by atoms with Crippen LogP contribution in [0, 0.1) is 7.14 Å². The largest absolute Gasteiger partial charge is 0.260 e. The number of rotatable bonds is 2. The number of halogens is 2. The Balaban J connectivity index is 1.82. The minimum atomic E-state index is 0.606. The highest BCUT2D eigenvalue weighted by Gasteiger charge is 2.21. The fourth-order valence-corrected chi connectivity index (χ4v) is 4.33. The van der Waals surface area contributed by atoms with Crippen LogP contribution in [0.4, 0.5) is 0 Å². The topological polar surface area (TPSA) is 12.9 Å². The molecule has 0 bridgehead atoms. The van der Waals surface area contributed by atoms with E-state index in [-0.39, 0.29) is 0 Å². The van der Waals surface area contributed by atoms with Gasteiger partial charge in [-0.3, -0.25) is 4.98 Å². The lowest BCUT2D eigenvalue weighted by Crippen LogP contribution is -2.08. The Hall–Kier alpha value is -0.170. The Kier molecular flexibility index (Phi) is 6.74. The number of hydrogen-bond donors (Lipinski definition) is 0. The molecule has 0 amide bonds. The number of hydrogen-bond acceptors (Lipinski definition) is 1. The third-order valence-electron chi connectivity index (χ3n) is 4.93. The van der Waals surface area contributed by atoms with Crippen LogP contribution in [-0.2, 0) is 0 Å². The molecule has 1 aromatic heterocycles. The van der Waals surface area contributed by atoms with Crippen LogP contribution in [0.25, 0.3) is 0 Å². The molecule has 1 aliphatic carbocycles. The van der Waals surface area contributed by atoms with E-state index in [2.05, 4.69) is 81.6 Å². The molecule has 1 aliphatic rings. The summed E-state index contributed by atoms with van der Waals surface area (Å²) in [4.78, 5) is 4.74. The van der Waals surface area contributed by atoms with E-state index in [0.717, 1.165) is 0 Å². The van der Waals surface area contributed by atoms with Crippen LogP contribution in [0.3, 0.4) is 0 Å². The van der Waals surface area contributed by atoms with Crippen molar-refractivity contribution in [1.82, 2.24) is 4.98 Å². The minimum Gasteiger partial charge on any atom is -0.260 e. The van der Waals surface area contributed by atoms with Gasteiger partial charge in [0.1, 0.15) is 0 Å². The van der Waals surface area contributed by atoms with Gasteiger partial charge in [-0.2, -0.15) is 0 Å². The van der Waals surface area contributed by atoms with Gasteiger partial charge in [0, 0.05) is 24.9 Å². The molecular formula is C20H23I2N. The lowest BCUT2D eigenvalue weighted by atomic mass is 9.83. The average Bonchev–Trinajstić information content (AvgIpc) is 2.68. The highest BCUT2D eigenvalue weighted by molar-refractivity contribution is 14.1. The van der Waals surface area contributed by atoms with Gasteiger partial charge in [-0.15, -0.1) is 0 Å². The van der Waals surface area contributed by atoms with Crippen LogP contribution in [0.1, 0.15) is 68.0 Å². The zero-order chi connectivity index (χ0) is 16.1. The van der Waals surface area contributed by atoms with Gasteiger partial charge in [0.15, 0.2) is 0 Å². The standard InChI is InChI=1S/C20H23I2N/c21-18-9-7-15(8-10-18)16-5-3-1-2-4-6-17(13-16)20-12-11-19(22)14-23-20/h7-12,14,16-17H,1-6,13H2. The Morgan fingerprint density at radius 2 is 1.39 bits per heavy atom. The second-order valence-corrected chi connectivity index (χ2v) is 9.07. The molecule has 2 atom stereocenters. The first-order valence-electron chi connectivity index (χ1n) is 8.59. The fourth-order valence-electron chi connectivity index (χ4n) is 3.65. The Morgan fingerprint density at radius 3 is 2.04 bits per heavy atom. The van der Waals surface area contributed by atoms with Crippen LogP contribution >= 0.6 is 45.2 Å². The molecule has 3 heteroatoms. The number of pyridine rings is 1. The van der Waals surface area contributed by atoms with Crippen molar-refractivity contribution in [2.75, 3.05) is 0 Å². The van der Waals surface area contributed by atoms with Gasteiger partial charge in [-0.05, 0) is 100 Å². The average molecular weight is 531 g/mol. The first-order chi connectivity index (χ1) is 11.2. The molecule has 0 radical (unpaired) electrons. The van der Waals surface area contributed by atoms with Gasteiger partial charge in [-0.25, -0.2) is 0 Å². The summed E-state index contributed by atoms with van der Waals surface area (Å²) in [5.74, 6) is 1.28. The van der Waals surface area contributed by atoms with Crippen molar-refractivity contribution in [3.8, 4) is 0 Å². The molecule has 0 aliphatic heterocycles. The molecule has 0 N–H and O–H groups in total. The second-order valence-electron chi connectivity index (χ2n) is 6.57. The Morgan fingerprint density at radius 1 is 0.739 bits per heavy atom. The van der Waals surface area contributed by atoms with E-state index < -0.39 is 0 Å². The third-order valence-corrected chi connectivity index (χ3v) is 6.29. The summed E-state index contributed by atoms with van der Waals surface area (Å²) in [7, 11) is 0. The van der Waals surface area contributed by atoms with Crippen molar-refractivity contribution in [2.45, 2.75) is 56.8 Å². The lowest BCUT2D eigenvalue weighted by Gasteiger charge is -2.23. The van der Waals surface area contributed by atoms with Crippen LogP contribution in [0.2, 0.25) is 0 Å². The SMILES string of the molecule is Ic1ccc(C2CCCCCCC(c3ccc(I)cn3)C2)cc1. The van der Waals surface area contributed by atoms with E-state index in [1.807, 2.05) is 6.20 Å². The molecule has 0 spiro atoms. The van der Waals surface area contributed by atoms with Gasteiger partial charge in [-0.1, -0.05) is 37.8 Å². The molecule has 1 fully saturated rings. The maximum absolute atomic E-state index is 4.74. The van der Waals surface area contributed by atoms with Crippen molar-refractivity contribution in [1.29, 1.82) is 0 Å². The van der Waals surface area contributed by atoms with Gasteiger partial charge in [0.2, 0.25) is 0 Å². The molecule has 1 saturated carbocycles. The van der Waals surface area contributed by atoms with E-state index in [0.29, 0.717) is 11.8 Å². The lowest BCUT2D eigenvalue weighted by molar-refractivity contribution is 0.481. The van der Waals surface area contributed by atoms with Crippen LogP contribution in [0.15, 0.2) is 42.6 Å². The van der Waals surface area contributed by atoms with Gasteiger partial charge < -0.3 is 0 Å². The van der Waals surface area contributed by atoms with Crippen molar-refractivity contribution in [3.05, 3.63) is 61.0 Å². The Bertz CT molecular complexity index is 551. The highest BCUT2D eigenvalue weighted by atomic mass is 127. The van der Waals surface area contributed by atoms with Crippen molar-refractivity contribution in [3.63, 3.8) is 0 Å². The monoisotopic (exact) mass is 531 g/mol. The predicted octanol–water partition coefficient (Wildman–Crippen LogP) is 6.90. The van der Waals surface area contributed by atoms with E-state index in [9.17, 15) is 0 Å². The summed E-state index contributed by atoms with van der Waals surface area (Å²) in [5, 5.41) is 0. The third kappa shape index (κ3) is 5.15. The molecule has 1 nitrogen and oxygen atoms in total. The minimum absolute atomic E-state index is 0.606. The van der Waals surface area contributed by atoms with E-state index in [1.54, 1.807) is 0 Å². The summed E-state index contributed by atoms with van der Waals surface area (Å²) in [6, 6.07) is 13.6. The van der Waals surface area contributed by atoms with Crippen molar-refractivity contribution < 1.29 is 0 Å². The first-order valence-corrected chi connectivity index (χ1v) is 10.7. The van der Waals surface area contributed by atoms with Crippen LogP contribution < -0.4 is 0 Å². The maximum atomic E-state index is 4.74. The Labute approximate surface area is 167 Å². The summed E-state index contributed by atoms with van der Waals surface area (Å²) in [6.07, 6.45) is 11.3. The van der Waals surface area contributed by atoms with E-state index in [1.165, 1.54) is 63.3 Å². The molecular weight excluding hydrogens is 508 g/mol. The zero-order valence-electron chi connectivity index (χ0n) is 13.3. The van der Waals surface area contributed by atoms with Crippen molar-refractivity contribution in [2.24, 2.45) is 0 Å². The smallest absolute Gasteiger partial charge is 0.0435 e. The molecule has 2 aromatic rings. The number of benzene rings is 1. The quantitative estimate of drug-likeness (QED) is 0.385. The first kappa shape index (κ1) is 17.6. The molecule has 1 heterocycles. The molecule has 1 aromatic carbocycles. The molecule has 122 valence electrons. The molecule has 23 heavy (non-hydrogen) atoms. The summed E-state index contributed by atoms with van der Waals surface area (Å²) in [5.41, 5.74) is 2.81. The number of aromatic nitrogens is 1. The van der Waals surface area contributed by atoms with E-state index >= 15 is 0 Å². The molecule has 3 rings (SSSR count). The molecule has 0 saturated heterocycles. The zero-order valence-corrected chi connectivity index (χ0v) is 17.7. The normalized spacial score (nSPS) is 22.9. The summed E-state index contributed by atoms with van der Waals surface area (Å²) >= 11 is 4.73. The predicted molar refractivity (Wildman–Crippen MR) is 114 cm³/mol. The number of nitrogens with zero attached hydrogens (tertiary/aromatic N) is 1. The second kappa shape index (κ2) is 8.79. The highest BCUT2D eigenvalue weighted by Crippen LogP contribution is 2.37. The van der Waals surface area contributed by atoms with Gasteiger partial charge >= 0.3 is 0 Å². The van der Waals surface area contributed by atoms with Crippen LogP contribution in [-0.4, -0.2) is 4.98 Å². The molecule has 2 unspecified atom stereocenters. The summed E-state index contributed by atoms with van der Waals surface area (Å²) < 4.78 is 2.55.